The number of aromatic amines is 2. The van der Waals surface area contributed by atoms with Crippen molar-refractivity contribution in [3.05, 3.63) is 7.91 Å². The summed E-state index contributed by atoms with van der Waals surface area (Å²) in [6, 6.07) is 0. The lowest BCUT2D eigenvalue weighted by Crippen LogP contribution is -2.28. The zero-order valence-corrected chi connectivity index (χ0v) is 19.4. The number of ether oxygens (including phenoxy) is 2. The number of nitrogens with one attached hydrogen (secondary N) is 2. The summed E-state index contributed by atoms with van der Waals surface area (Å²) in [7, 11) is 0. The van der Waals surface area contributed by atoms with Crippen LogP contribution in [0.15, 0.2) is 8.68 Å². The van der Waals surface area contributed by atoms with E-state index in [1.165, 1.54) is 46.2 Å². The lowest BCUT2D eigenvalue weighted by atomic mass is 10.4. The van der Waals surface area contributed by atoms with Crippen LogP contribution in [0.4, 0.5) is 0 Å². The first kappa shape index (κ1) is 24.3. The Labute approximate surface area is 187 Å². The molecule has 0 fully saturated rings. The summed E-state index contributed by atoms with van der Waals surface area (Å²) in [4.78, 5) is 0. The van der Waals surface area contributed by atoms with Crippen LogP contribution in [-0.2, 0) is 9.47 Å². The summed E-state index contributed by atoms with van der Waals surface area (Å²) >= 11 is 15.3. The van der Waals surface area contributed by atoms with E-state index in [0.29, 0.717) is 19.4 Å². The van der Waals surface area contributed by atoms with Gasteiger partial charge in [0.25, 0.3) is 0 Å². The molecule has 0 spiro atoms. The van der Waals surface area contributed by atoms with E-state index in [9.17, 15) is 15.3 Å². The van der Waals surface area contributed by atoms with E-state index < -0.39 is 18.3 Å². The van der Waals surface area contributed by atoms with E-state index in [0.717, 1.165) is 8.68 Å². The lowest BCUT2D eigenvalue weighted by molar-refractivity contribution is -0.0473. The van der Waals surface area contributed by atoms with Gasteiger partial charge >= 0.3 is 0 Å². The minimum absolute atomic E-state index is 0.0322. The normalized spacial score (nSPS) is 14.8. The standard InChI is InChI=1S/C13H20N4O5S6/c18-7(1-21-3-8(19)5-25-12-16-14-10(23)27-12)2-22-4-9(20)6-26-13-17-15-11(24)28-13/h7-9,18-20H,1-6H2,(H,14,23)(H,15,24). The fourth-order valence-electron chi connectivity index (χ4n) is 1.72. The number of H-pyrrole nitrogens is 2. The van der Waals surface area contributed by atoms with Gasteiger partial charge in [0, 0.05) is 11.5 Å². The number of aliphatic hydroxyl groups excluding tert-OH is 3. The molecule has 0 aliphatic carbocycles. The quantitative estimate of drug-likeness (QED) is 0.190. The van der Waals surface area contributed by atoms with Gasteiger partial charge in [-0.2, -0.15) is 10.2 Å². The molecule has 0 aliphatic rings. The number of nitrogens with zero attached hydrogens (tertiary/aromatic N) is 2. The highest BCUT2D eigenvalue weighted by molar-refractivity contribution is 8.01. The van der Waals surface area contributed by atoms with Crippen molar-refractivity contribution in [1.29, 1.82) is 0 Å². The first-order valence-corrected chi connectivity index (χ1v) is 12.4. The second kappa shape index (κ2) is 13.4. The molecule has 2 aromatic rings. The van der Waals surface area contributed by atoms with Crippen molar-refractivity contribution in [1.82, 2.24) is 20.4 Å². The molecule has 0 bridgehead atoms. The van der Waals surface area contributed by atoms with Gasteiger partial charge in [-0.3, -0.25) is 10.2 Å². The number of aliphatic hydroxyl groups is 3. The Bertz CT molecular complexity index is 730. The summed E-state index contributed by atoms with van der Waals surface area (Å²) in [5.74, 6) is 0.826. The minimum Gasteiger partial charge on any atom is -0.390 e. The molecular weight excluding hydrogens is 485 g/mol. The van der Waals surface area contributed by atoms with Crippen LogP contribution >= 0.6 is 70.6 Å². The van der Waals surface area contributed by atoms with Crippen molar-refractivity contribution >= 4 is 70.6 Å². The van der Waals surface area contributed by atoms with Gasteiger partial charge in [0.15, 0.2) is 16.6 Å². The molecule has 0 amide bonds. The Balaban J connectivity index is 1.48. The van der Waals surface area contributed by atoms with Crippen LogP contribution in [0.1, 0.15) is 0 Å². The molecule has 158 valence electrons. The summed E-state index contributed by atoms with van der Waals surface area (Å²) in [5, 5.41) is 42.9. The lowest BCUT2D eigenvalue weighted by Gasteiger charge is -2.15. The predicted octanol–water partition coefficient (Wildman–Crippen LogP) is 1.72. The van der Waals surface area contributed by atoms with Crippen LogP contribution in [0.25, 0.3) is 0 Å². The molecule has 5 N–H and O–H groups in total. The van der Waals surface area contributed by atoms with Gasteiger partial charge in [0.1, 0.15) is 6.10 Å². The van der Waals surface area contributed by atoms with Crippen molar-refractivity contribution in [3.63, 3.8) is 0 Å². The highest BCUT2D eigenvalue weighted by Crippen LogP contribution is 2.21. The molecule has 2 unspecified atom stereocenters. The molecule has 0 aliphatic heterocycles. The van der Waals surface area contributed by atoms with E-state index in [-0.39, 0.29) is 26.4 Å². The van der Waals surface area contributed by atoms with Crippen LogP contribution in [0.2, 0.25) is 0 Å². The van der Waals surface area contributed by atoms with E-state index in [1.54, 1.807) is 0 Å². The second-order valence-corrected chi connectivity index (χ2v) is 11.3. The summed E-state index contributed by atoms with van der Waals surface area (Å²) in [6.07, 6.45) is -2.21. The van der Waals surface area contributed by atoms with Gasteiger partial charge in [0.05, 0.1) is 38.6 Å². The highest BCUT2D eigenvalue weighted by Gasteiger charge is 2.12. The highest BCUT2D eigenvalue weighted by atomic mass is 32.2. The molecule has 15 heteroatoms. The molecule has 28 heavy (non-hydrogen) atoms. The van der Waals surface area contributed by atoms with Crippen LogP contribution in [-0.4, -0.2) is 92.0 Å². The molecule has 0 saturated heterocycles. The van der Waals surface area contributed by atoms with Crippen LogP contribution in [0.3, 0.4) is 0 Å². The average Bonchev–Trinajstić information content (AvgIpc) is 3.26. The maximum atomic E-state index is 9.87. The third-order valence-electron chi connectivity index (χ3n) is 2.88. The minimum atomic E-state index is -0.840. The number of aromatic nitrogens is 4. The SMILES string of the molecule is OC(COCC(O)CSc1n[nH]c(=S)s1)COCC(O)CSc1n[nH]c(=S)s1. The smallest absolute Gasteiger partial charge is 0.177 e. The van der Waals surface area contributed by atoms with Gasteiger partial charge in [0.2, 0.25) is 0 Å². The zero-order valence-electron chi connectivity index (χ0n) is 14.5. The second-order valence-electron chi connectivity index (χ2n) is 5.42. The molecular formula is C13H20N4O5S6. The Morgan fingerprint density at radius 1 is 0.786 bits per heavy atom. The Hall–Kier alpha value is 0.0600. The number of rotatable bonds is 14. The van der Waals surface area contributed by atoms with Crippen LogP contribution in [0, 0.1) is 7.91 Å². The summed E-state index contributed by atoms with van der Waals surface area (Å²) in [6.45, 7) is 0.249. The maximum absolute atomic E-state index is 9.87. The van der Waals surface area contributed by atoms with E-state index in [2.05, 4.69) is 20.4 Å². The number of hydrogen-bond donors (Lipinski definition) is 5. The number of hydrogen-bond acceptors (Lipinski definition) is 13. The first-order chi connectivity index (χ1) is 13.4. The topological polar surface area (TPSA) is 137 Å². The van der Waals surface area contributed by atoms with Crippen molar-refractivity contribution in [2.24, 2.45) is 0 Å². The van der Waals surface area contributed by atoms with Gasteiger partial charge in [-0.15, -0.1) is 0 Å². The molecule has 9 nitrogen and oxygen atoms in total. The first-order valence-electron chi connectivity index (χ1n) is 7.98. The van der Waals surface area contributed by atoms with Gasteiger partial charge in [-0.25, -0.2) is 0 Å². The summed E-state index contributed by atoms with van der Waals surface area (Å²) in [5.41, 5.74) is 0. The van der Waals surface area contributed by atoms with E-state index in [4.69, 9.17) is 33.9 Å². The third kappa shape index (κ3) is 10.2. The largest absolute Gasteiger partial charge is 0.390 e. The van der Waals surface area contributed by atoms with E-state index >= 15 is 0 Å². The predicted molar refractivity (Wildman–Crippen MR) is 116 cm³/mol. The van der Waals surface area contributed by atoms with Crippen LogP contribution < -0.4 is 0 Å². The van der Waals surface area contributed by atoms with E-state index in [1.807, 2.05) is 0 Å². The van der Waals surface area contributed by atoms with Crippen LogP contribution in [0.5, 0.6) is 0 Å². The fourth-order valence-corrected chi connectivity index (χ4v) is 5.74. The number of thioether (sulfide) groups is 2. The molecule has 0 saturated carbocycles. The van der Waals surface area contributed by atoms with Gasteiger partial charge in [-0.1, -0.05) is 46.2 Å². The molecule has 0 radical (unpaired) electrons. The van der Waals surface area contributed by atoms with Crippen molar-refractivity contribution < 1.29 is 24.8 Å². The Morgan fingerprint density at radius 2 is 1.18 bits per heavy atom. The van der Waals surface area contributed by atoms with Crippen molar-refractivity contribution in [2.75, 3.05) is 37.9 Å². The Kier molecular flexibility index (Phi) is 11.6. The fraction of sp³-hybridized carbons (Fsp3) is 0.692. The maximum Gasteiger partial charge on any atom is 0.177 e. The molecule has 2 heterocycles. The Morgan fingerprint density at radius 3 is 1.54 bits per heavy atom. The van der Waals surface area contributed by atoms with Gasteiger partial charge < -0.3 is 24.8 Å². The average molecular weight is 505 g/mol. The summed E-state index contributed by atoms with van der Waals surface area (Å²) < 4.78 is 13.3. The van der Waals surface area contributed by atoms with Gasteiger partial charge in [-0.05, 0) is 24.4 Å². The monoisotopic (exact) mass is 504 g/mol. The molecule has 0 aromatic carbocycles. The molecule has 2 atom stereocenters. The van der Waals surface area contributed by atoms with Crippen molar-refractivity contribution in [2.45, 2.75) is 27.0 Å². The molecule has 2 aromatic heterocycles. The zero-order chi connectivity index (χ0) is 20.4. The third-order valence-corrected chi connectivity index (χ3v) is 7.63. The molecule has 2 rings (SSSR count). The van der Waals surface area contributed by atoms with Crippen molar-refractivity contribution in [3.8, 4) is 0 Å².